The van der Waals surface area contributed by atoms with Crippen LogP contribution in [-0.2, 0) is 9.59 Å². The number of piperazine rings is 1. The molecule has 4 nitrogen and oxygen atoms in total. The van der Waals surface area contributed by atoms with Crippen LogP contribution in [0.5, 0.6) is 0 Å². The number of carbonyl (C=O) groups excluding carboxylic acids is 2. The fraction of sp³-hybridized carbons (Fsp3) is 0.680. The molecule has 1 aliphatic heterocycles. The third kappa shape index (κ3) is 4.69. The molecule has 4 rings (SSSR count). The minimum atomic E-state index is -0.507. The first-order chi connectivity index (χ1) is 14.5. The molecule has 30 heavy (non-hydrogen) atoms. The van der Waals surface area contributed by atoms with Crippen molar-refractivity contribution in [1.82, 2.24) is 9.80 Å². The van der Waals surface area contributed by atoms with Crippen LogP contribution in [0.15, 0.2) is 24.3 Å². The molecular weight excluding hydrogens is 396 g/mol. The highest BCUT2D eigenvalue weighted by atomic mass is 35.5. The number of rotatable bonds is 3. The standard InChI is InChI=1S/C25H35ClN2O2/c1-18-9-15-21(16-10-18)27-17-23(29)28(22-7-5-3-2-4-6-8-22)24(25(27)30)19-11-13-20(26)14-12-19/h11-14,18,21-22,24H,2-10,15-17H2,1H3. The van der Waals surface area contributed by atoms with Gasteiger partial charge in [0, 0.05) is 17.1 Å². The highest BCUT2D eigenvalue weighted by Crippen LogP contribution is 2.37. The molecule has 2 saturated carbocycles. The van der Waals surface area contributed by atoms with E-state index in [0.717, 1.165) is 62.8 Å². The molecule has 3 aliphatic rings. The Bertz CT molecular complexity index is 734. The van der Waals surface area contributed by atoms with Crippen molar-refractivity contribution in [3.63, 3.8) is 0 Å². The Kier molecular flexibility index (Phi) is 7.02. The van der Waals surface area contributed by atoms with Gasteiger partial charge in [0.1, 0.15) is 12.6 Å². The number of hydrogen-bond acceptors (Lipinski definition) is 2. The zero-order valence-electron chi connectivity index (χ0n) is 18.2. The summed E-state index contributed by atoms with van der Waals surface area (Å²) in [6.45, 7) is 2.53. The van der Waals surface area contributed by atoms with Crippen LogP contribution in [0.4, 0.5) is 0 Å². The summed E-state index contributed by atoms with van der Waals surface area (Å²) in [4.78, 5) is 31.2. The summed E-state index contributed by atoms with van der Waals surface area (Å²) in [6, 6.07) is 7.40. The van der Waals surface area contributed by atoms with Crippen molar-refractivity contribution in [1.29, 1.82) is 0 Å². The van der Waals surface area contributed by atoms with E-state index in [1.165, 1.54) is 19.3 Å². The van der Waals surface area contributed by atoms with Crippen molar-refractivity contribution in [2.45, 2.75) is 95.7 Å². The number of halogens is 1. The van der Waals surface area contributed by atoms with Crippen LogP contribution in [0, 0.1) is 5.92 Å². The molecule has 1 aromatic rings. The third-order valence-corrected chi connectivity index (χ3v) is 7.72. The van der Waals surface area contributed by atoms with Gasteiger partial charge in [-0.3, -0.25) is 9.59 Å². The molecule has 0 aromatic heterocycles. The maximum absolute atomic E-state index is 13.8. The zero-order valence-corrected chi connectivity index (χ0v) is 18.9. The van der Waals surface area contributed by atoms with Gasteiger partial charge in [-0.2, -0.15) is 0 Å². The lowest BCUT2D eigenvalue weighted by molar-refractivity contribution is -0.162. The van der Waals surface area contributed by atoms with Crippen LogP contribution in [0.3, 0.4) is 0 Å². The normalized spacial score (nSPS) is 29.6. The lowest BCUT2D eigenvalue weighted by Crippen LogP contribution is -2.61. The predicted octanol–water partition coefficient (Wildman–Crippen LogP) is 5.74. The summed E-state index contributed by atoms with van der Waals surface area (Å²) < 4.78 is 0. The predicted molar refractivity (Wildman–Crippen MR) is 120 cm³/mol. The average molecular weight is 431 g/mol. The Balaban J connectivity index is 1.64. The Morgan fingerprint density at radius 3 is 2.03 bits per heavy atom. The number of nitrogens with zero attached hydrogens (tertiary/aromatic N) is 2. The Morgan fingerprint density at radius 2 is 1.40 bits per heavy atom. The molecule has 1 heterocycles. The van der Waals surface area contributed by atoms with Gasteiger partial charge in [-0.15, -0.1) is 0 Å². The monoisotopic (exact) mass is 430 g/mol. The minimum absolute atomic E-state index is 0.110. The lowest BCUT2D eigenvalue weighted by atomic mass is 9.85. The maximum atomic E-state index is 13.8. The van der Waals surface area contributed by atoms with Crippen LogP contribution < -0.4 is 0 Å². The van der Waals surface area contributed by atoms with Gasteiger partial charge < -0.3 is 9.80 Å². The first-order valence-corrected chi connectivity index (χ1v) is 12.3. The van der Waals surface area contributed by atoms with Crippen molar-refractivity contribution in [2.24, 2.45) is 5.92 Å². The Labute approximate surface area is 185 Å². The molecule has 0 radical (unpaired) electrons. The third-order valence-electron chi connectivity index (χ3n) is 7.47. The summed E-state index contributed by atoms with van der Waals surface area (Å²) in [5, 5.41) is 0.656. The molecule has 2 aliphatic carbocycles. The van der Waals surface area contributed by atoms with Crippen molar-refractivity contribution in [2.75, 3.05) is 6.54 Å². The number of hydrogen-bond donors (Lipinski definition) is 0. The summed E-state index contributed by atoms with van der Waals surface area (Å²) in [5.74, 6) is 0.951. The van der Waals surface area contributed by atoms with E-state index in [9.17, 15) is 9.59 Å². The molecule has 2 amide bonds. The van der Waals surface area contributed by atoms with Gasteiger partial charge in [0.25, 0.3) is 5.91 Å². The first-order valence-electron chi connectivity index (χ1n) is 11.9. The van der Waals surface area contributed by atoms with Crippen LogP contribution in [-0.4, -0.2) is 40.2 Å². The smallest absolute Gasteiger partial charge is 0.250 e. The second-order valence-corrected chi connectivity index (χ2v) is 10.1. The SMILES string of the molecule is CC1CCC(N2CC(=O)N(C3CCCCCCC3)C(c3ccc(Cl)cc3)C2=O)CC1. The quantitative estimate of drug-likeness (QED) is 0.613. The van der Waals surface area contributed by atoms with Gasteiger partial charge in [0.2, 0.25) is 5.91 Å². The molecule has 0 bridgehead atoms. The molecule has 3 fully saturated rings. The van der Waals surface area contributed by atoms with E-state index in [4.69, 9.17) is 11.6 Å². The maximum Gasteiger partial charge on any atom is 0.250 e. The fourth-order valence-electron chi connectivity index (χ4n) is 5.66. The molecule has 5 heteroatoms. The summed E-state index contributed by atoms with van der Waals surface area (Å²) in [6.07, 6.45) is 12.3. The molecule has 1 aromatic carbocycles. The number of benzene rings is 1. The van der Waals surface area contributed by atoms with E-state index in [2.05, 4.69) is 6.92 Å². The Hall–Kier alpha value is -1.55. The zero-order chi connectivity index (χ0) is 21.1. The number of amides is 2. The van der Waals surface area contributed by atoms with Gasteiger partial charge in [-0.05, 0) is 62.1 Å². The van der Waals surface area contributed by atoms with Crippen LogP contribution >= 0.6 is 11.6 Å². The Morgan fingerprint density at radius 1 is 0.800 bits per heavy atom. The topological polar surface area (TPSA) is 40.6 Å². The van der Waals surface area contributed by atoms with Gasteiger partial charge in [0.15, 0.2) is 0 Å². The molecule has 164 valence electrons. The first kappa shape index (κ1) is 21.7. The largest absolute Gasteiger partial charge is 0.328 e. The molecule has 0 spiro atoms. The average Bonchev–Trinajstić information content (AvgIpc) is 2.71. The van der Waals surface area contributed by atoms with E-state index in [1.54, 1.807) is 0 Å². The van der Waals surface area contributed by atoms with Crippen molar-refractivity contribution in [3.8, 4) is 0 Å². The fourth-order valence-corrected chi connectivity index (χ4v) is 5.79. The lowest BCUT2D eigenvalue weighted by Gasteiger charge is -2.48. The highest BCUT2D eigenvalue weighted by Gasteiger charge is 2.45. The van der Waals surface area contributed by atoms with Crippen LogP contribution in [0.2, 0.25) is 5.02 Å². The molecular formula is C25H35ClN2O2. The molecule has 1 unspecified atom stereocenters. The van der Waals surface area contributed by atoms with Crippen molar-refractivity contribution >= 4 is 23.4 Å². The van der Waals surface area contributed by atoms with Crippen molar-refractivity contribution in [3.05, 3.63) is 34.9 Å². The molecule has 0 N–H and O–H groups in total. The molecule has 1 atom stereocenters. The summed E-state index contributed by atoms with van der Waals surface area (Å²) >= 11 is 6.13. The van der Waals surface area contributed by atoms with Crippen LogP contribution in [0.25, 0.3) is 0 Å². The second-order valence-electron chi connectivity index (χ2n) is 9.63. The van der Waals surface area contributed by atoms with E-state index < -0.39 is 6.04 Å². The summed E-state index contributed by atoms with van der Waals surface area (Å²) in [5.41, 5.74) is 0.897. The summed E-state index contributed by atoms with van der Waals surface area (Å²) in [7, 11) is 0. The van der Waals surface area contributed by atoms with E-state index in [1.807, 2.05) is 34.1 Å². The van der Waals surface area contributed by atoms with Crippen molar-refractivity contribution < 1.29 is 9.59 Å². The van der Waals surface area contributed by atoms with E-state index in [0.29, 0.717) is 5.02 Å². The van der Waals surface area contributed by atoms with E-state index in [-0.39, 0.29) is 30.4 Å². The van der Waals surface area contributed by atoms with Gasteiger partial charge in [-0.25, -0.2) is 0 Å². The molecule has 1 saturated heterocycles. The number of carbonyl (C=O) groups is 2. The van der Waals surface area contributed by atoms with E-state index >= 15 is 0 Å². The minimum Gasteiger partial charge on any atom is -0.328 e. The second kappa shape index (κ2) is 9.72. The van der Waals surface area contributed by atoms with Gasteiger partial charge >= 0.3 is 0 Å². The van der Waals surface area contributed by atoms with Gasteiger partial charge in [-0.1, -0.05) is 62.8 Å². The highest BCUT2D eigenvalue weighted by molar-refractivity contribution is 6.30. The van der Waals surface area contributed by atoms with Crippen LogP contribution in [0.1, 0.15) is 89.2 Å². The van der Waals surface area contributed by atoms with Gasteiger partial charge in [0.05, 0.1) is 0 Å².